The third-order valence-electron chi connectivity index (χ3n) is 2.54. The van der Waals surface area contributed by atoms with Crippen molar-refractivity contribution in [3.05, 3.63) is 35.4 Å². The van der Waals surface area contributed by atoms with Crippen LogP contribution in [0.1, 0.15) is 25.5 Å². The molecule has 0 radical (unpaired) electrons. The van der Waals surface area contributed by atoms with Gasteiger partial charge in [-0.05, 0) is 18.1 Å². The molecule has 0 saturated carbocycles. The smallest absolute Gasteiger partial charge is 0.131 e. The summed E-state index contributed by atoms with van der Waals surface area (Å²) >= 11 is 0. The van der Waals surface area contributed by atoms with Crippen molar-refractivity contribution in [3.8, 4) is 0 Å². The van der Waals surface area contributed by atoms with Gasteiger partial charge in [-0.25, -0.2) is 8.78 Å². The highest BCUT2D eigenvalue weighted by Crippen LogP contribution is 2.19. The summed E-state index contributed by atoms with van der Waals surface area (Å²) < 4.78 is 32.1. The van der Waals surface area contributed by atoms with Crippen molar-refractivity contribution in [2.45, 2.75) is 20.0 Å². The normalized spacial score (nSPS) is 12.9. The summed E-state index contributed by atoms with van der Waals surface area (Å²) in [5.41, 5.74) is -0.293. The van der Waals surface area contributed by atoms with Crippen molar-refractivity contribution in [2.24, 2.45) is 5.92 Å². The fourth-order valence-electron chi connectivity index (χ4n) is 1.63. The van der Waals surface area contributed by atoms with E-state index >= 15 is 0 Å². The van der Waals surface area contributed by atoms with Crippen LogP contribution in [0.2, 0.25) is 0 Å². The molecule has 2 N–H and O–H groups in total. The first kappa shape index (κ1) is 16.0. The Kier molecular flexibility index (Phi) is 6.91. The summed E-state index contributed by atoms with van der Waals surface area (Å²) in [5.74, 6) is -0.992. The van der Waals surface area contributed by atoms with Gasteiger partial charge in [0.15, 0.2) is 0 Å². The van der Waals surface area contributed by atoms with Crippen LogP contribution in [-0.4, -0.2) is 31.4 Å². The largest absolute Gasteiger partial charge is 0.387 e. The zero-order valence-corrected chi connectivity index (χ0v) is 11.3. The Hall–Kier alpha value is -1.04. The van der Waals surface area contributed by atoms with Gasteiger partial charge in [0.1, 0.15) is 11.6 Å². The molecule has 0 aliphatic heterocycles. The zero-order chi connectivity index (χ0) is 14.3. The van der Waals surface area contributed by atoms with Crippen molar-refractivity contribution in [2.75, 3.05) is 26.3 Å². The fourth-order valence-corrected chi connectivity index (χ4v) is 1.63. The average molecular weight is 273 g/mol. The molecule has 0 bridgehead atoms. The number of nitrogens with one attached hydrogen (secondary N) is 1. The lowest BCUT2D eigenvalue weighted by Gasteiger charge is -2.14. The molecule has 108 valence electrons. The molecule has 0 heterocycles. The second-order valence-corrected chi connectivity index (χ2v) is 4.82. The summed E-state index contributed by atoms with van der Waals surface area (Å²) in [4.78, 5) is 0. The maximum absolute atomic E-state index is 13.4. The molecule has 1 unspecified atom stereocenters. The van der Waals surface area contributed by atoms with Gasteiger partial charge >= 0.3 is 0 Å². The highest BCUT2D eigenvalue weighted by atomic mass is 19.1. The first-order valence-electron chi connectivity index (χ1n) is 6.42. The molecule has 0 fully saturated rings. The minimum atomic E-state index is -1.20. The minimum absolute atomic E-state index is 0.0862. The van der Waals surface area contributed by atoms with E-state index in [0.29, 0.717) is 25.7 Å². The topological polar surface area (TPSA) is 41.5 Å². The van der Waals surface area contributed by atoms with Crippen LogP contribution in [0.15, 0.2) is 18.2 Å². The Morgan fingerprint density at radius 1 is 1.26 bits per heavy atom. The van der Waals surface area contributed by atoms with Crippen LogP contribution in [0, 0.1) is 17.6 Å². The van der Waals surface area contributed by atoms with E-state index in [1.165, 1.54) is 6.07 Å². The number of hydrogen-bond donors (Lipinski definition) is 2. The lowest BCUT2D eigenvalue weighted by atomic mass is 10.1. The predicted octanol–water partition coefficient (Wildman–Crippen LogP) is 2.26. The molecular formula is C14H21F2NO2. The van der Waals surface area contributed by atoms with Gasteiger partial charge in [0.05, 0.1) is 18.3 Å². The number of ether oxygens (including phenoxy) is 1. The molecule has 0 aliphatic rings. The van der Waals surface area contributed by atoms with Gasteiger partial charge in [0.25, 0.3) is 0 Å². The predicted molar refractivity (Wildman–Crippen MR) is 69.8 cm³/mol. The van der Waals surface area contributed by atoms with Crippen LogP contribution in [0.4, 0.5) is 8.78 Å². The molecule has 19 heavy (non-hydrogen) atoms. The molecule has 5 heteroatoms. The van der Waals surface area contributed by atoms with E-state index in [1.807, 2.05) is 0 Å². The molecule has 1 aromatic rings. The Bertz CT molecular complexity index is 365. The zero-order valence-electron chi connectivity index (χ0n) is 11.3. The lowest BCUT2D eigenvalue weighted by molar-refractivity contribution is 0.106. The fraction of sp³-hybridized carbons (Fsp3) is 0.571. The Morgan fingerprint density at radius 2 is 1.89 bits per heavy atom. The first-order chi connectivity index (χ1) is 9.02. The van der Waals surface area contributed by atoms with Crippen LogP contribution in [0.5, 0.6) is 0 Å². The van der Waals surface area contributed by atoms with Crippen LogP contribution >= 0.6 is 0 Å². The number of hydrogen-bond acceptors (Lipinski definition) is 3. The summed E-state index contributed by atoms with van der Waals surface area (Å²) in [7, 11) is 0. The molecule has 0 saturated heterocycles. The van der Waals surface area contributed by atoms with E-state index in [-0.39, 0.29) is 12.1 Å². The van der Waals surface area contributed by atoms with E-state index in [9.17, 15) is 13.9 Å². The number of halogens is 2. The summed E-state index contributed by atoms with van der Waals surface area (Å²) in [6.45, 7) is 5.90. The molecule has 1 aromatic carbocycles. The summed E-state index contributed by atoms with van der Waals surface area (Å²) in [6, 6.07) is 3.54. The van der Waals surface area contributed by atoms with Gasteiger partial charge in [0.2, 0.25) is 0 Å². The van der Waals surface area contributed by atoms with Gasteiger partial charge in [-0.2, -0.15) is 0 Å². The second-order valence-electron chi connectivity index (χ2n) is 4.82. The molecular weight excluding hydrogens is 252 g/mol. The van der Waals surface area contributed by atoms with Crippen LogP contribution in [-0.2, 0) is 4.74 Å². The minimum Gasteiger partial charge on any atom is -0.387 e. The van der Waals surface area contributed by atoms with Gasteiger partial charge < -0.3 is 15.2 Å². The highest BCUT2D eigenvalue weighted by Gasteiger charge is 2.16. The molecule has 1 rings (SSSR count). The molecule has 0 aromatic heterocycles. The van der Waals surface area contributed by atoms with E-state index in [1.54, 1.807) is 0 Å². The van der Waals surface area contributed by atoms with E-state index in [0.717, 1.165) is 12.1 Å². The Labute approximate surface area is 112 Å². The van der Waals surface area contributed by atoms with E-state index in [4.69, 9.17) is 4.74 Å². The number of aliphatic hydroxyl groups is 1. The molecule has 0 spiro atoms. The molecule has 0 amide bonds. The number of rotatable bonds is 8. The Balaban J connectivity index is 2.30. The van der Waals surface area contributed by atoms with Crippen LogP contribution in [0.25, 0.3) is 0 Å². The van der Waals surface area contributed by atoms with Gasteiger partial charge in [-0.3, -0.25) is 0 Å². The van der Waals surface area contributed by atoms with Crippen LogP contribution in [0.3, 0.4) is 0 Å². The quantitative estimate of drug-likeness (QED) is 0.714. The monoisotopic (exact) mass is 273 g/mol. The summed E-state index contributed by atoms with van der Waals surface area (Å²) in [6.07, 6.45) is -1.20. The molecule has 0 aliphatic carbocycles. The maximum Gasteiger partial charge on any atom is 0.131 e. The SMILES string of the molecule is CC(C)COCCNCC(O)c1c(F)cccc1F. The summed E-state index contributed by atoms with van der Waals surface area (Å²) in [5, 5.41) is 12.6. The average Bonchev–Trinajstić information content (AvgIpc) is 2.33. The van der Waals surface area contributed by atoms with Crippen molar-refractivity contribution < 1.29 is 18.6 Å². The van der Waals surface area contributed by atoms with Crippen molar-refractivity contribution >= 4 is 0 Å². The number of benzene rings is 1. The lowest BCUT2D eigenvalue weighted by Crippen LogP contribution is -2.26. The third-order valence-corrected chi connectivity index (χ3v) is 2.54. The van der Waals surface area contributed by atoms with E-state index in [2.05, 4.69) is 19.2 Å². The standard InChI is InChI=1S/C14H21F2NO2/c1-10(2)9-19-7-6-17-8-13(18)14-11(15)4-3-5-12(14)16/h3-5,10,13,17-18H,6-9H2,1-2H3. The second kappa shape index (κ2) is 8.19. The third kappa shape index (κ3) is 5.63. The van der Waals surface area contributed by atoms with Crippen molar-refractivity contribution in [1.29, 1.82) is 0 Å². The molecule has 1 atom stereocenters. The first-order valence-corrected chi connectivity index (χ1v) is 6.42. The van der Waals surface area contributed by atoms with E-state index < -0.39 is 17.7 Å². The van der Waals surface area contributed by atoms with Crippen LogP contribution < -0.4 is 5.32 Å². The highest BCUT2D eigenvalue weighted by molar-refractivity contribution is 5.22. The van der Waals surface area contributed by atoms with Gasteiger partial charge in [-0.15, -0.1) is 0 Å². The van der Waals surface area contributed by atoms with Gasteiger partial charge in [-0.1, -0.05) is 19.9 Å². The van der Waals surface area contributed by atoms with Crippen molar-refractivity contribution in [1.82, 2.24) is 5.32 Å². The van der Waals surface area contributed by atoms with Gasteiger partial charge in [0, 0.05) is 19.7 Å². The molecule has 3 nitrogen and oxygen atoms in total. The Morgan fingerprint density at radius 3 is 2.47 bits per heavy atom. The maximum atomic E-state index is 13.4. The number of aliphatic hydroxyl groups excluding tert-OH is 1. The van der Waals surface area contributed by atoms with Crippen molar-refractivity contribution in [3.63, 3.8) is 0 Å².